The minimum atomic E-state index is -0.244. The van der Waals surface area contributed by atoms with Gasteiger partial charge in [-0.15, -0.1) is 0 Å². The van der Waals surface area contributed by atoms with Crippen LogP contribution in [0.25, 0.3) is 0 Å². The molecular formula is C13H15BrN4O3. The van der Waals surface area contributed by atoms with Crippen LogP contribution >= 0.6 is 15.9 Å². The van der Waals surface area contributed by atoms with Gasteiger partial charge in [0.1, 0.15) is 6.54 Å². The lowest BCUT2D eigenvalue weighted by molar-refractivity contribution is -0.148. The van der Waals surface area contributed by atoms with E-state index >= 15 is 0 Å². The molecule has 0 unspecified atom stereocenters. The fourth-order valence-electron chi connectivity index (χ4n) is 2.63. The van der Waals surface area contributed by atoms with Crippen molar-refractivity contribution in [2.45, 2.75) is 19.4 Å². The molecule has 1 aromatic rings. The lowest BCUT2D eigenvalue weighted by atomic mass is 10.0. The van der Waals surface area contributed by atoms with Crippen LogP contribution in [0.15, 0.2) is 16.9 Å². The summed E-state index contributed by atoms with van der Waals surface area (Å²) in [5.41, 5.74) is 0. The number of imide groups is 1. The number of hydrogen-bond donors (Lipinski definition) is 0. The third-order valence-corrected chi connectivity index (χ3v) is 4.21. The SMILES string of the molecule is O=C(CN1C(=O)CCC1=O)N1CC(Cn2cc(Br)cn2)C1. The van der Waals surface area contributed by atoms with Gasteiger partial charge >= 0.3 is 0 Å². The molecule has 2 saturated heterocycles. The molecule has 3 amide bonds. The van der Waals surface area contributed by atoms with Crippen LogP contribution in [0.2, 0.25) is 0 Å². The molecule has 7 nitrogen and oxygen atoms in total. The summed E-state index contributed by atoms with van der Waals surface area (Å²) in [6, 6.07) is 0. The first-order valence-electron chi connectivity index (χ1n) is 6.82. The van der Waals surface area contributed by atoms with Gasteiger partial charge in [-0.1, -0.05) is 0 Å². The molecule has 2 fully saturated rings. The first-order valence-corrected chi connectivity index (χ1v) is 7.61. The summed E-state index contributed by atoms with van der Waals surface area (Å²) in [5.74, 6) is -0.277. The number of rotatable bonds is 4. The maximum atomic E-state index is 12.0. The van der Waals surface area contributed by atoms with E-state index in [4.69, 9.17) is 0 Å². The van der Waals surface area contributed by atoms with Crippen molar-refractivity contribution in [2.75, 3.05) is 19.6 Å². The highest BCUT2D eigenvalue weighted by atomic mass is 79.9. The van der Waals surface area contributed by atoms with Gasteiger partial charge in [0, 0.05) is 44.6 Å². The van der Waals surface area contributed by atoms with Crippen molar-refractivity contribution < 1.29 is 14.4 Å². The zero-order valence-corrected chi connectivity index (χ0v) is 13.0. The predicted molar refractivity (Wildman–Crippen MR) is 76.0 cm³/mol. The van der Waals surface area contributed by atoms with Crippen molar-refractivity contribution in [3.8, 4) is 0 Å². The van der Waals surface area contributed by atoms with Crippen molar-refractivity contribution in [2.24, 2.45) is 5.92 Å². The first kappa shape index (κ1) is 14.2. The minimum absolute atomic E-state index is 0.113. The standard InChI is InChI=1S/C13H15BrN4O3/c14-10-3-15-17(7-10)6-9-4-16(5-9)13(21)8-18-11(19)1-2-12(18)20/h3,7,9H,1-2,4-6,8H2. The van der Waals surface area contributed by atoms with E-state index in [9.17, 15) is 14.4 Å². The predicted octanol–water partition coefficient (Wildman–Crippen LogP) is 0.253. The van der Waals surface area contributed by atoms with Crippen LogP contribution in [0.5, 0.6) is 0 Å². The highest BCUT2D eigenvalue weighted by Gasteiger charge is 2.35. The van der Waals surface area contributed by atoms with Gasteiger partial charge in [0.05, 0.1) is 10.7 Å². The topological polar surface area (TPSA) is 75.5 Å². The molecule has 8 heteroatoms. The Kier molecular flexibility index (Phi) is 3.79. The second-order valence-electron chi connectivity index (χ2n) is 5.42. The van der Waals surface area contributed by atoms with Gasteiger partial charge < -0.3 is 4.90 Å². The molecule has 0 aromatic carbocycles. The van der Waals surface area contributed by atoms with E-state index in [1.807, 2.05) is 10.9 Å². The van der Waals surface area contributed by atoms with Gasteiger partial charge in [0.2, 0.25) is 17.7 Å². The molecule has 0 radical (unpaired) electrons. The lowest BCUT2D eigenvalue weighted by Crippen LogP contribution is -2.54. The summed E-state index contributed by atoms with van der Waals surface area (Å²) in [4.78, 5) is 37.7. The highest BCUT2D eigenvalue weighted by molar-refractivity contribution is 9.10. The molecule has 0 spiro atoms. The molecule has 3 heterocycles. The minimum Gasteiger partial charge on any atom is -0.340 e. The summed E-state index contributed by atoms with van der Waals surface area (Å²) in [7, 11) is 0. The molecule has 0 atom stereocenters. The quantitative estimate of drug-likeness (QED) is 0.726. The number of nitrogens with zero attached hydrogens (tertiary/aromatic N) is 4. The number of aromatic nitrogens is 2. The second-order valence-corrected chi connectivity index (χ2v) is 6.33. The van der Waals surface area contributed by atoms with Gasteiger partial charge in [-0.2, -0.15) is 5.10 Å². The van der Waals surface area contributed by atoms with Crippen LogP contribution in [0.1, 0.15) is 12.8 Å². The number of amides is 3. The summed E-state index contributed by atoms with van der Waals surface area (Å²) in [5, 5.41) is 4.18. The molecule has 1 aromatic heterocycles. The van der Waals surface area contributed by atoms with Gasteiger partial charge in [-0.3, -0.25) is 24.0 Å². The van der Waals surface area contributed by atoms with E-state index in [0.29, 0.717) is 19.0 Å². The maximum absolute atomic E-state index is 12.0. The molecule has 2 aliphatic rings. The molecular weight excluding hydrogens is 340 g/mol. The number of halogens is 1. The van der Waals surface area contributed by atoms with Crippen LogP contribution in [0.4, 0.5) is 0 Å². The molecule has 0 bridgehead atoms. The average molecular weight is 355 g/mol. The van der Waals surface area contributed by atoms with Crippen LogP contribution in [0, 0.1) is 5.92 Å². The number of carbonyl (C=O) groups excluding carboxylic acids is 3. The average Bonchev–Trinajstić information content (AvgIpc) is 2.93. The zero-order valence-electron chi connectivity index (χ0n) is 11.4. The van der Waals surface area contributed by atoms with Gasteiger partial charge in [-0.05, 0) is 15.9 Å². The Labute approximate surface area is 130 Å². The number of carbonyl (C=O) groups is 3. The highest BCUT2D eigenvalue weighted by Crippen LogP contribution is 2.20. The Morgan fingerprint density at radius 1 is 1.29 bits per heavy atom. The Balaban J connectivity index is 1.46. The Hall–Kier alpha value is -1.70. The molecule has 0 saturated carbocycles. The van der Waals surface area contributed by atoms with Gasteiger partial charge in [0.15, 0.2) is 0 Å². The van der Waals surface area contributed by atoms with E-state index in [-0.39, 0.29) is 37.1 Å². The largest absolute Gasteiger partial charge is 0.340 e. The van der Waals surface area contributed by atoms with Crippen molar-refractivity contribution in [3.63, 3.8) is 0 Å². The van der Waals surface area contributed by atoms with Crippen LogP contribution in [0.3, 0.4) is 0 Å². The zero-order chi connectivity index (χ0) is 15.0. The van der Waals surface area contributed by atoms with Crippen molar-refractivity contribution in [1.82, 2.24) is 19.6 Å². The summed E-state index contributed by atoms with van der Waals surface area (Å²) in [6.07, 6.45) is 4.07. The van der Waals surface area contributed by atoms with Crippen LogP contribution < -0.4 is 0 Å². The van der Waals surface area contributed by atoms with E-state index in [2.05, 4.69) is 21.0 Å². The summed E-state index contributed by atoms with van der Waals surface area (Å²) in [6.45, 7) is 1.94. The molecule has 0 N–H and O–H groups in total. The fraction of sp³-hybridized carbons (Fsp3) is 0.538. The van der Waals surface area contributed by atoms with Crippen molar-refractivity contribution >= 4 is 33.7 Å². The van der Waals surface area contributed by atoms with E-state index in [0.717, 1.165) is 15.9 Å². The van der Waals surface area contributed by atoms with E-state index < -0.39 is 0 Å². The van der Waals surface area contributed by atoms with E-state index in [1.165, 1.54) is 0 Å². The monoisotopic (exact) mass is 354 g/mol. The third kappa shape index (κ3) is 2.99. The molecule has 2 aliphatic heterocycles. The first-order chi connectivity index (χ1) is 10.0. The lowest BCUT2D eigenvalue weighted by Gasteiger charge is -2.39. The maximum Gasteiger partial charge on any atom is 0.242 e. The number of likely N-dealkylation sites (tertiary alicyclic amines) is 2. The second kappa shape index (κ2) is 5.59. The van der Waals surface area contributed by atoms with Crippen molar-refractivity contribution in [3.05, 3.63) is 16.9 Å². The fourth-order valence-corrected chi connectivity index (χ4v) is 2.95. The smallest absolute Gasteiger partial charge is 0.242 e. The normalized spacial score (nSPS) is 19.3. The summed E-state index contributed by atoms with van der Waals surface area (Å²) < 4.78 is 2.77. The Morgan fingerprint density at radius 2 is 1.95 bits per heavy atom. The molecule has 0 aliphatic carbocycles. The molecule has 112 valence electrons. The van der Waals surface area contributed by atoms with Gasteiger partial charge in [-0.25, -0.2) is 0 Å². The third-order valence-electron chi connectivity index (χ3n) is 3.81. The van der Waals surface area contributed by atoms with Crippen molar-refractivity contribution in [1.29, 1.82) is 0 Å². The molecule has 21 heavy (non-hydrogen) atoms. The Morgan fingerprint density at radius 3 is 2.52 bits per heavy atom. The number of hydrogen-bond acceptors (Lipinski definition) is 4. The van der Waals surface area contributed by atoms with Crippen LogP contribution in [-0.4, -0.2) is 56.9 Å². The Bertz CT molecular complexity index is 578. The van der Waals surface area contributed by atoms with E-state index in [1.54, 1.807) is 11.1 Å². The van der Waals surface area contributed by atoms with Gasteiger partial charge in [0.25, 0.3) is 0 Å². The van der Waals surface area contributed by atoms with Crippen LogP contribution in [-0.2, 0) is 20.9 Å². The molecule has 3 rings (SSSR count). The summed E-state index contributed by atoms with van der Waals surface area (Å²) >= 11 is 3.34.